The number of nitrogens with one attached hydrogen (secondary N) is 2. The Hall–Kier alpha value is -2.25. The summed E-state index contributed by atoms with van der Waals surface area (Å²) < 4.78 is 1.51. The lowest BCUT2D eigenvalue weighted by molar-refractivity contribution is 0.308. The summed E-state index contributed by atoms with van der Waals surface area (Å²) >= 11 is 0. The molecule has 3 rings (SSSR count). The van der Waals surface area contributed by atoms with Gasteiger partial charge in [0.1, 0.15) is 12.7 Å². The number of aromatic nitrogens is 6. The summed E-state index contributed by atoms with van der Waals surface area (Å²) in [5.74, 6) is 2.31. The second-order valence-electron chi connectivity index (χ2n) is 4.79. The predicted octanol–water partition coefficient (Wildman–Crippen LogP) is 0.704. The second kappa shape index (κ2) is 4.79. The molecule has 2 aromatic rings. The van der Waals surface area contributed by atoms with E-state index >= 15 is 0 Å². The summed E-state index contributed by atoms with van der Waals surface area (Å²) in [4.78, 5) is 16.8. The Bertz CT molecular complexity index is 546. The van der Waals surface area contributed by atoms with Crippen LogP contribution in [0.3, 0.4) is 0 Å². The third-order valence-corrected chi connectivity index (χ3v) is 3.18. The molecular formula is C11H16N8. The molecule has 0 aromatic carbocycles. The number of nitrogens with zero attached hydrogens (tertiary/aromatic N) is 6. The molecule has 8 nitrogen and oxygen atoms in total. The van der Waals surface area contributed by atoms with Crippen LogP contribution in [0, 0.1) is 5.92 Å². The number of hydrogen-bond donors (Lipinski definition) is 2. The van der Waals surface area contributed by atoms with E-state index in [1.165, 1.54) is 11.0 Å². The van der Waals surface area contributed by atoms with Crippen molar-refractivity contribution >= 4 is 11.9 Å². The molecule has 0 aliphatic heterocycles. The van der Waals surface area contributed by atoms with E-state index < -0.39 is 0 Å². The molecule has 0 unspecified atom stereocenters. The quantitative estimate of drug-likeness (QED) is 0.835. The first-order valence-corrected chi connectivity index (χ1v) is 6.30. The monoisotopic (exact) mass is 260 g/mol. The van der Waals surface area contributed by atoms with E-state index in [9.17, 15) is 0 Å². The third kappa shape index (κ3) is 2.47. The summed E-state index contributed by atoms with van der Waals surface area (Å²) in [6, 6.07) is 0.450. The molecule has 0 atom stereocenters. The SMILES string of the molecule is CNc1nc(NC2CC(C)C2)nc(-n2cncn2)n1. The minimum absolute atomic E-state index is 0.450. The predicted molar refractivity (Wildman–Crippen MR) is 70.1 cm³/mol. The van der Waals surface area contributed by atoms with Crippen LogP contribution in [0.2, 0.25) is 0 Å². The van der Waals surface area contributed by atoms with Gasteiger partial charge in [0.15, 0.2) is 0 Å². The van der Waals surface area contributed by atoms with E-state index in [1.807, 2.05) is 0 Å². The maximum absolute atomic E-state index is 4.36. The van der Waals surface area contributed by atoms with E-state index in [0.29, 0.717) is 23.9 Å². The Balaban J connectivity index is 1.85. The molecule has 8 heteroatoms. The number of rotatable bonds is 4. The number of hydrogen-bond acceptors (Lipinski definition) is 7. The van der Waals surface area contributed by atoms with Gasteiger partial charge in [0.25, 0.3) is 5.95 Å². The van der Waals surface area contributed by atoms with Gasteiger partial charge in [-0.15, -0.1) is 0 Å². The second-order valence-corrected chi connectivity index (χ2v) is 4.79. The first-order chi connectivity index (χ1) is 9.24. The van der Waals surface area contributed by atoms with Crippen molar-refractivity contribution in [2.45, 2.75) is 25.8 Å². The fraction of sp³-hybridized carbons (Fsp3) is 0.545. The minimum Gasteiger partial charge on any atom is -0.357 e. The van der Waals surface area contributed by atoms with Crippen LogP contribution in [0.25, 0.3) is 5.95 Å². The summed E-state index contributed by atoms with van der Waals surface area (Å²) in [5.41, 5.74) is 0. The smallest absolute Gasteiger partial charge is 0.258 e. The first kappa shape index (κ1) is 11.8. The zero-order chi connectivity index (χ0) is 13.2. The van der Waals surface area contributed by atoms with Gasteiger partial charge in [0.05, 0.1) is 0 Å². The van der Waals surface area contributed by atoms with E-state index in [2.05, 4.69) is 42.6 Å². The Kier molecular flexibility index (Phi) is 2.98. The molecule has 1 saturated carbocycles. The van der Waals surface area contributed by atoms with Crippen LogP contribution in [-0.2, 0) is 0 Å². The van der Waals surface area contributed by atoms with Crippen LogP contribution in [0.4, 0.5) is 11.9 Å². The Morgan fingerprint density at radius 2 is 2.00 bits per heavy atom. The van der Waals surface area contributed by atoms with Crippen molar-refractivity contribution in [2.75, 3.05) is 17.7 Å². The van der Waals surface area contributed by atoms with Crippen molar-refractivity contribution in [1.82, 2.24) is 29.7 Å². The molecule has 1 aliphatic rings. The summed E-state index contributed by atoms with van der Waals surface area (Å²) in [6.07, 6.45) is 5.31. The first-order valence-electron chi connectivity index (χ1n) is 6.30. The maximum Gasteiger partial charge on any atom is 0.258 e. The van der Waals surface area contributed by atoms with Crippen molar-refractivity contribution < 1.29 is 0 Å². The van der Waals surface area contributed by atoms with Gasteiger partial charge in [-0.3, -0.25) is 0 Å². The van der Waals surface area contributed by atoms with Crippen LogP contribution in [0.1, 0.15) is 19.8 Å². The molecule has 100 valence electrons. The third-order valence-electron chi connectivity index (χ3n) is 3.18. The Morgan fingerprint density at radius 1 is 1.21 bits per heavy atom. The molecule has 1 fully saturated rings. The van der Waals surface area contributed by atoms with Crippen LogP contribution in [0.15, 0.2) is 12.7 Å². The van der Waals surface area contributed by atoms with Crippen molar-refractivity contribution in [2.24, 2.45) is 5.92 Å². The molecular weight excluding hydrogens is 244 g/mol. The van der Waals surface area contributed by atoms with Gasteiger partial charge in [-0.2, -0.15) is 24.7 Å². The maximum atomic E-state index is 4.36. The molecule has 0 radical (unpaired) electrons. The van der Waals surface area contributed by atoms with E-state index in [-0.39, 0.29) is 0 Å². The largest absolute Gasteiger partial charge is 0.357 e. The van der Waals surface area contributed by atoms with Gasteiger partial charge in [-0.1, -0.05) is 6.92 Å². The number of anilines is 2. The van der Waals surface area contributed by atoms with Crippen LogP contribution >= 0.6 is 0 Å². The van der Waals surface area contributed by atoms with Crippen molar-refractivity contribution in [1.29, 1.82) is 0 Å². The average Bonchev–Trinajstić information content (AvgIpc) is 2.90. The summed E-state index contributed by atoms with van der Waals surface area (Å²) in [7, 11) is 1.77. The molecule has 2 aromatic heterocycles. The standard InChI is InChI=1S/C11H16N8/c1-7-3-8(4-7)15-10-16-9(12-2)17-11(18-10)19-6-13-5-14-19/h5-8H,3-4H2,1-2H3,(H2,12,15,16,17,18). The molecule has 19 heavy (non-hydrogen) atoms. The summed E-state index contributed by atoms with van der Waals surface area (Å²) in [5, 5.41) is 10.3. The van der Waals surface area contributed by atoms with Crippen molar-refractivity contribution in [3.63, 3.8) is 0 Å². The zero-order valence-electron chi connectivity index (χ0n) is 10.9. The van der Waals surface area contributed by atoms with Gasteiger partial charge >= 0.3 is 0 Å². The normalized spacial score (nSPS) is 21.8. The molecule has 0 saturated heterocycles. The molecule has 2 heterocycles. The highest BCUT2D eigenvalue weighted by molar-refractivity contribution is 5.38. The average molecular weight is 260 g/mol. The van der Waals surface area contributed by atoms with Crippen LogP contribution < -0.4 is 10.6 Å². The highest BCUT2D eigenvalue weighted by atomic mass is 15.4. The topological polar surface area (TPSA) is 93.4 Å². The fourth-order valence-corrected chi connectivity index (χ4v) is 2.16. The lowest BCUT2D eigenvalue weighted by atomic mass is 9.82. The van der Waals surface area contributed by atoms with Gasteiger partial charge in [0.2, 0.25) is 11.9 Å². The zero-order valence-corrected chi connectivity index (χ0v) is 10.9. The molecule has 0 spiro atoms. The summed E-state index contributed by atoms with van der Waals surface area (Å²) in [6.45, 7) is 2.24. The van der Waals surface area contributed by atoms with E-state index in [4.69, 9.17) is 0 Å². The van der Waals surface area contributed by atoms with Gasteiger partial charge < -0.3 is 10.6 Å². The van der Waals surface area contributed by atoms with Gasteiger partial charge in [0, 0.05) is 13.1 Å². The molecule has 0 bridgehead atoms. The van der Waals surface area contributed by atoms with E-state index in [0.717, 1.165) is 18.8 Å². The highest BCUT2D eigenvalue weighted by Crippen LogP contribution is 2.28. The minimum atomic E-state index is 0.450. The van der Waals surface area contributed by atoms with Crippen LogP contribution in [0.5, 0.6) is 0 Å². The molecule has 1 aliphatic carbocycles. The Morgan fingerprint density at radius 3 is 2.63 bits per heavy atom. The fourth-order valence-electron chi connectivity index (χ4n) is 2.16. The highest BCUT2D eigenvalue weighted by Gasteiger charge is 2.26. The molecule has 0 amide bonds. The van der Waals surface area contributed by atoms with Gasteiger partial charge in [-0.25, -0.2) is 4.98 Å². The lowest BCUT2D eigenvalue weighted by Gasteiger charge is -2.33. The Labute approximate surface area is 110 Å². The van der Waals surface area contributed by atoms with Gasteiger partial charge in [-0.05, 0) is 18.8 Å². The molecule has 2 N–H and O–H groups in total. The van der Waals surface area contributed by atoms with Crippen LogP contribution in [-0.4, -0.2) is 42.8 Å². The lowest BCUT2D eigenvalue weighted by Crippen LogP contribution is -2.34. The van der Waals surface area contributed by atoms with E-state index in [1.54, 1.807) is 13.4 Å². The van der Waals surface area contributed by atoms with Crippen molar-refractivity contribution in [3.05, 3.63) is 12.7 Å². The van der Waals surface area contributed by atoms with Crippen molar-refractivity contribution in [3.8, 4) is 5.95 Å².